The van der Waals surface area contributed by atoms with Gasteiger partial charge in [-0.15, -0.1) is 0 Å². The number of benzene rings is 3. The van der Waals surface area contributed by atoms with Crippen molar-refractivity contribution in [2.45, 2.75) is 24.9 Å². The average Bonchev–Trinajstić information content (AvgIpc) is 2.83. The molecular formula is C25H27N3O4S. The first-order valence-electron chi connectivity index (χ1n) is 10.4. The first-order chi connectivity index (χ1) is 15.7. The smallest absolute Gasteiger partial charge is 0.254 e. The Bertz CT molecular complexity index is 1240. The molecule has 0 saturated carbocycles. The first-order valence-corrected chi connectivity index (χ1v) is 11.9. The highest BCUT2D eigenvalue weighted by atomic mass is 32.2. The van der Waals surface area contributed by atoms with Gasteiger partial charge in [0.15, 0.2) is 0 Å². The molecule has 33 heavy (non-hydrogen) atoms. The number of carbonyl (C=O) groups is 2. The molecule has 2 amide bonds. The first kappa shape index (κ1) is 24.2. The molecule has 0 radical (unpaired) electrons. The standard InChI is InChI=1S/C25H27N3O4S/c1-18-9-14-22(33(31,32)27-16-19-7-5-4-6-8-19)15-23(18)25(30)28(3)17-20-10-12-21(13-11-20)24(29)26-2/h4-15,27H,16-17H2,1-3H3,(H,26,29). The number of rotatable bonds is 8. The number of amides is 2. The van der Waals surface area contributed by atoms with Gasteiger partial charge in [0.1, 0.15) is 0 Å². The number of aryl methyl sites for hydroxylation is 1. The lowest BCUT2D eigenvalue weighted by Crippen LogP contribution is -2.28. The van der Waals surface area contributed by atoms with Gasteiger partial charge in [0.05, 0.1) is 4.90 Å². The highest BCUT2D eigenvalue weighted by Gasteiger charge is 2.20. The Kier molecular flexibility index (Phi) is 7.63. The molecule has 172 valence electrons. The Balaban J connectivity index is 1.74. The quantitative estimate of drug-likeness (QED) is 0.534. The predicted octanol–water partition coefficient (Wildman–Crippen LogP) is 3.11. The molecule has 0 unspecified atom stereocenters. The summed E-state index contributed by atoms with van der Waals surface area (Å²) >= 11 is 0. The minimum atomic E-state index is -3.79. The van der Waals surface area contributed by atoms with Crippen LogP contribution in [-0.2, 0) is 23.1 Å². The van der Waals surface area contributed by atoms with Crippen LogP contribution in [0, 0.1) is 6.92 Å². The molecule has 0 aromatic heterocycles. The highest BCUT2D eigenvalue weighted by Crippen LogP contribution is 2.19. The summed E-state index contributed by atoms with van der Waals surface area (Å²) in [5, 5.41) is 2.57. The van der Waals surface area contributed by atoms with E-state index < -0.39 is 10.0 Å². The van der Waals surface area contributed by atoms with Gasteiger partial charge < -0.3 is 10.2 Å². The van der Waals surface area contributed by atoms with Crippen molar-refractivity contribution in [1.82, 2.24) is 14.9 Å². The van der Waals surface area contributed by atoms with Crippen LogP contribution in [0.2, 0.25) is 0 Å². The molecule has 0 heterocycles. The Morgan fingerprint density at radius 1 is 0.909 bits per heavy atom. The van der Waals surface area contributed by atoms with E-state index in [1.807, 2.05) is 30.3 Å². The largest absolute Gasteiger partial charge is 0.355 e. The molecule has 0 aliphatic heterocycles. The SMILES string of the molecule is CNC(=O)c1ccc(CN(C)C(=O)c2cc(S(=O)(=O)NCc3ccccc3)ccc2C)cc1. The zero-order chi connectivity index (χ0) is 24.0. The second-order valence-electron chi connectivity index (χ2n) is 7.72. The fraction of sp³-hybridized carbons (Fsp3) is 0.200. The molecule has 0 bridgehead atoms. The summed E-state index contributed by atoms with van der Waals surface area (Å²) in [6.07, 6.45) is 0. The zero-order valence-electron chi connectivity index (χ0n) is 18.8. The number of nitrogens with zero attached hydrogens (tertiary/aromatic N) is 1. The molecule has 0 aliphatic rings. The third kappa shape index (κ3) is 6.06. The molecule has 7 nitrogen and oxygen atoms in total. The Morgan fingerprint density at radius 3 is 2.21 bits per heavy atom. The third-order valence-corrected chi connectivity index (χ3v) is 6.67. The van der Waals surface area contributed by atoms with Gasteiger partial charge in [-0.25, -0.2) is 13.1 Å². The van der Waals surface area contributed by atoms with Crippen LogP contribution in [0.4, 0.5) is 0 Å². The normalized spacial score (nSPS) is 11.1. The van der Waals surface area contributed by atoms with Crippen molar-refractivity contribution in [1.29, 1.82) is 0 Å². The summed E-state index contributed by atoms with van der Waals surface area (Å²) in [5.41, 5.74) is 3.23. The van der Waals surface area contributed by atoms with Gasteiger partial charge in [-0.1, -0.05) is 48.5 Å². The second-order valence-corrected chi connectivity index (χ2v) is 9.49. The molecule has 0 atom stereocenters. The molecule has 0 fully saturated rings. The summed E-state index contributed by atoms with van der Waals surface area (Å²) in [6.45, 7) is 2.24. The molecule has 0 spiro atoms. The monoisotopic (exact) mass is 465 g/mol. The van der Waals surface area contributed by atoms with Gasteiger partial charge >= 0.3 is 0 Å². The Labute approximate surface area is 194 Å². The van der Waals surface area contributed by atoms with Crippen molar-refractivity contribution in [2.24, 2.45) is 0 Å². The molecule has 3 rings (SSSR count). The molecule has 8 heteroatoms. The van der Waals surface area contributed by atoms with Gasteiger partial charge in [0.25, 0.3) is 11.8 Å². The van der Waals surface area contributed by atoms with Crippen molar-refractivity contribution in [3.05, 3.63) is 101 Å². The number of hydrogen-bond donors (Lipinski definition) is 2. The molecular weight excluding hydrogens is 438 g/mol. The van der Waals surface area contributed by atoms with Crippen LogP contribution < -0.4 is 10.0 Å². The van der Waals surface area contributed by atoms with E-state index in [0.717, 1.165) is 11.1 Å². The maximum Gasteiger partial charge on any atom is 0.254 e. The summed E-state index contributed by atoms with van der Waals surface area (Å²) in [4.78, 5) is 26.3. The summed E-state index contributed by atoms with van der Waals surface area (Å²) < 4.78 is 28.2. The van der Waals surface area contributed by atoms with E-state index in [0.29, 0.717) is 23.2 Å². The lowest BCUT2D eigenvalue weighted by Gasteiger charge is -2.19. The number of sulfonamides is 1. The third-order valence-electron chi connectivity index (χ3n) is 5.27. The number of nitrogens with one attached hydrogen (secondary N) is 2. The van der Waals surface area contributed by atoms with Crippen LogP contribution in [-0.4, -0.2) is 39.2 Å². The van der Waals surface area contributed by atoms with Crippen molar-refractivity contribution in [3.8, 4) is 0 Å². The maximum absolute atomic E-state index is 13.1. The lowest BCUT2D eigenvalue weighted by molar-refractivity contribution is 0.0783. The molecule has 0 saturated heterocycles. The van der Waals surface area contributed by atoms with Crippen LogP contribution in [0.1, 0.15) is 37.4 Å². The van der Waals surface area contributed by atoms with Crippen LogP contribution in [0.5, 0.6) is 0 Å². The summed E-state index contributed by atoms with van der Waals surface area (Å²) in [6, 6.07) is 20.7. The Hall–Kier alpha value is -3.49. The summed E-state index contributed by atoms with van der Waals surface area (Å²) in [7, 11) is -0.568. The highest BCUT2D eigenvalue weighted by molar-refractivity contribution is 7.89. The lowest BCUT2D eigenvalue weighted by atomic mass is 10.1. The molecule has 3 aromatic carbocycles. The van der Waals surface area contributed by atoms with Gasteiger partial charge in [-0.3, -0.25) is 9.59 Å². The predicted molar refractivity (Wildman–Crippen MR) is 127 cm³/mol. The zero-order valence-corrected chi connectivity index (χ0v) is 19.6. The van der Waals surface area contributed by atoms with E-state index >= 15 is 0 Å². The average molecular weight is 466 g/mol. The van der Waals surface area contributed by atoms with Crippen LogP contribution >= 0.6 is 0 Å². The van der Waals surface area contributed by atoms with Crippen molar-refractivity contribution < 1.29 is 18.0 Å². The van der Waals surface area contributed by atoms with E-state index in [1.54, 1.807) is 51.4 Å². The topological polar surface area (TPSA) is 95.6 Å². The van der Waals surface area contributed by atoms with Crippen molar-refractivity contribution in [2.75, 3.05) is 14.1 Å². The minimum absolute atomic E-state index is 0.0377. The fourth-order valence-electron chi connectivity index (χ4n) is 3.31. The van der Waals surface area contributed by atoms with E-state index in [9.17, 15) is 18.0 Å². The summed E-state index contributed by atoms with van der Waals surface area (Å²) in [5.74, 6) is -0.469. The van der Waals surface area contributed by atoms with Gasteiger partial charge in [0, 0.05) is 38.3 Å². The molecule has 3 aromatic rings. The van der Waals surface area contributed by atoms with Crippen LogP contribution in [0.15, 0.2) is 77.7 Å². The minimum Gasteiger partial charge on any atom is -0.355 e. The maximum atomic E-state index is 13.1. The van der Waals surface area contributed by atoms with Crippen LogP contribution in [0.3, 0.4) is 0 Å². The second kappa shape index (κ2) is 10.4. The van der Waals surface area contributed by atoms with E-state index in [1.165, 1.54) is 17.0 Å². The van der Waals surface area contributed by atoms with E-state index in [-0.39, 0.29) is 23.3 Å². The van der Waals surface area contributed by atoms with E-state index in [2.05, 4.69) is 10.0 Å². The van der Waals surface area contributed by atoms with Gasteiger partial charge in [-0.2, -0.15) is 0 Å². The fourth-order valence-corrected chi connectivity index (χ4v) is 4.36. The van der Waals surface area contributed by atoms with Crippen molar-refractivity contribution >= 4 is 21.8 Å². The van der Waals surface area contributed by atoms with E-state index in [4.69, 9.17) is 0 Å². The van der Waals surface area contributed by atoms with Crippen molar-refractivity contribution in [3.63, 3.8) is 0 Å². The Morgan fingerprint density at radius 2 is 1.58 bits per heavy atom. The molecule has 2 N–H and O–H groups in total. The van der Waals surface area contributed by atoms with Gasteiger partial charge in [0.2, 0.25) is 10.0 Å². The molecule has 0 aliphatic carbocycles. The van der Waals surface area contributed by atoms with Crippen LogP contribution in [0.25, 0.3) is 0 Å². The number of hydrogen-bond acceptors (Lipinski definition) is 4. The number of carbonyl (C=O) groups excluding carboxylic acids is 2. The van der Waals surface area contributed by atoms with Gasteiger partial charge in [-0.05, 0) is 47.9 Å².